The summed E-state index contributed by atoms with van der Waals surface area (Å²) in [4.78, 5) is 3.12. The van der Waals surface area contributed by atoms with Crippen LogP contribution in [-0.4, -0.2) is 12.9 Å². The van der Waals surface area contributed by atoms with Crippen molar-refractivity contribution in [1.82, 2.24) is 0 Å². The summed E-state index contributed by atoms with van der Waals surface area (Å²) in [5.41, 5.74) is 1.88. The molecule has 0 radical (unpaired) electrons. The quantitative estimate of drug-likeness (QED) is 0.641. The minimum Gasteiger partial charge on any atom is -0.277 e. The van der Waals surface area contributed by atoms with Crippen molar-refractivity contribution in [3.8, 4) is 0 Å². The van der Waals surface area contributed by atoms with Gasteiger partial charge in [-0.1, -0.05) is 35.3 Å². The highest BCUT2D eigenvalue weighted by atomic mass is 35.5. The largest absolute Gasteiger partial charge is 0.279 e. The Morgan fingerprint density at radius 3 is 2.28 bits per heavy atom. The topological polar surface area (TPSA) is 26.0 Å². The molecule has 0 saturated heterocycles. The maximum absolute atomic E-state index is 6.11. The highest BCUT2D eigenvalue weighted by Gasteiger charge is 2.12. The van der Waals surface area contributed by atoms with Crippen molar-refractivity contribution in [3.05, 3.63) is 64.1 Å². The van der Waals surface area contributed by atoms with Crippen molar-refractivity contribution < 1.29 is 4.99 Å². The summed E-state index contributed by atoms with van der Waals surface area (Å²) in [6, 6.07) is 15.2. The van der Waals surface area contributed by atoms with Gasteiger partial charge in [-0.25, -0.2) is 5.32 Å². The van der Waals surface area contributed by atoms with Crippen LogP contribution in [0.3, 0.4) is 0 Å². The Bertz CT molecular complexity index is 562. The first kappa shape index (κ1) is 12.9. The summed E-state index contributed by atoms with van der Waals surface area (Å²) in [6.07, 6.45) is 0. The van der Waals surface area contributed by atoms with Gasteiger partial charge in [0.2, 0.25) is 0 Å². The molecule has 0 heterocycles. The summed E-state index contributed by atoms with van der Waals surface area (Å²) in [6.45, 7) is 0. The third-order valence-corrected chi connectivity index (χ3v) is 3.10. The van der Waals surface area contributed by atoms with Crippen molar-refractivity contribution in [1.29, 1.82) is 0 Å². The van der Waals surface area contributed by atoms with Gasteiger partial charge in [0, 0.05) is 5.02 Å². The number of benzene rings is 2. The lowest BCUT2D eigenvalue weighted by molar-refractivity contribution is -0.419. The number of para-hydroxylation sites is 1. The number of hydrogen-bond acceptors (Lipinski definition) is 0. The van der Waals surface area contributed by atoms with Crippen molar-refractivity contribution in [2.75, 3.05) is 12.4 Å². The van der Waals surface area contributed by atoms with Crippen LogP contribution in [0.15, 0.2) is 48.5 Å². The summed E-state index contributed by atoms with van der Waals surface area (Å²) >= 11 is 12.0. The summed E-state index contributed by atoms with van der Waals surface area (Å²) in [5, 5.41) is 4.66. The van der Waals surface area contributed by atoms with E-state index in [1.165, 1.54) is 0 Å². The maximum Gasteiger partial charge on any atom is 0.279 e. The van der Waals surface area contributed by atoms with Crippen LogP contribution < -0.4 is 10.3 Å². The van der Waals surface area contributed by atoms with E-state index in [1.54, 1.807) is 0 Å². The number of rotatable bonds is 2. The lowest BCUT2D eigenvalue weighted by Crippen LogP contribution is -2.70. The number of hydrogen-bond donors (Lipinski definition) is 2. The number of amidine groups is 1. The van der Waals surface area contributed by atoms with Gasteiger partial charge in [0.15, 0.2) is 0 Å². The first-order chi connectivity index (χ1) is 8.70. The predicted octanol–water partition coefficient (Wildman–Crippen LogP) is 2.56. The molecule has 0 amide bonds. The summed E-state index contributed by atoms with van der Waals surface area (Å²) < 4.78 is 0. The van der Waals surface area contributed by atoms with Gasteiger partial charge in [-0.3, -0.25) is 4.99 Å². The third kappa shape index (κ3) is 3.03. The zero-order valence-electron chi connectivity index (χ0n) is 9.87. The maximum atomic E-state index is 6.11. The zero-order valence-corrected chi connectivity index (χ0v) is 11.4. The Hall–Kier alpha value is -1.51. The molecule has 0 aliphatic rings. The molecule has 2 N–H and O–H groups in total. The molecule has 0 bridgehead atoms. The molecule has 0 saturated carbocycles. The van der Waals surface area contributed by atoms with E-state index < -0.39 is 0 Å². The highest BCUT2D eigenvalue weighted by molar-refractivity contribution is 6.34. The van der Waals surface area contributed by atoms with E-state index >= 15 is 0 Å². The highest BCUT2D eigenvalue weighted by Crippen LogP contribution is 2.21. The van der Waals surface area contributed by atoms with Crippen LogP contribution in [0.5, 0.6) is 0 Å². The Labute approximate surface area is 116 Å². The second-order valence-electron chi connectivity index (χ2n) is 3.74. The van der Waals surface area contributed by atoms with Gasteiger partial charge in [-0.15, -0.1) is 0 Å². The molecule has 0 unspecified atom stereocenters. The molecule has 2 nitrogen and oxygen atoms in total. The molecule has 4 heteroatoms. The average Bonchev–Trinajstić information content (AvgIpc) is 2.39. The minimum atomic E-state index is 0.680. The van der Waals surface area contributed by atoms with Crippen molar-refractivity contribution in [2.24, 2.45) is 0 Å². The number of anilines is 1. The predicted molar refractivity (Wildman–Crippen MR) is 77.5 cm³/mol. The molecule has 0 spiro atoms. The van der Waals surface area contributed by atoms with Gasteiger partial charge >= 0.3 is 0 Å². The smallest absolute Gasteiger partial charge is 0.277 e. The third-order valence-electron chi connectivity index (χ3n) is 2.52. The Morgan fingerprint density at radius 2 is 1.67 bits per heavy atom. The van der Waals surface area contributed by atoms with Gasteiger partial charge < -0.3 is 0 Å². The van der Waals surface area contributed by atoms with Crippen LogP contribution in [0, 0.1) is 0 Å². The monoisotopic (exact) mass is 279 g/mol. The van der Waals surface area contributed by atoms with Gasteiger partial charge in [0.1, 0.15) is 5.69 Å². The SMILES string of the molecule is C[NH+]=C(Nc1ccccc1Cl)c1ccc(Cl)cc1. The van der Waals surface area contributed by atoms with Crippen LogP contribution in [0.25, 0.3) is 0 Å². The van der Waals surface area contributed by atoms with E-state index in [0.717, 1.165) is 17.1 Å². The van der Waals surface area contributed by atoms with Crippen molar-refractivity contribution >= 4 is 34.7 Å². The first-order valence-corrected chi connectivity index (χ1v) is 6.28. The molecular formula is C14H13Cl2N2+. The van der Waals surface area contributed by atoms with Crippen LogP contribution in [0.4, 0.5) is 5.69 Å². The molecule has 0 aromatic heterocycles. The van der Waals surface area contributed by atoms with Gasteiger partial charge in [0.05, 0.1) is 17.6 Å². The average molecular weight is 280 g/mol. The lowest BCUT2D eigenvalue weighted by atomic mass is 10.2. The summed E-state index contributed by atoms with van der Waals surface area (Å²) in [7, 11) is 1.85. The van der Waals surface area contributed by atoms with Crippen LogP contribution >= 0.6 is 23.2 Å². The molecule has 92 valence electrons. The van der Waals surface area contributed by atoms with Crippen LogP contribution in [0.1, 0.15) is 5.56 Å². The molecule has 0 fully saturated rings. The Kier molecular flexibility index (Phi) is 4.24. The van der Waals surface area contributed by atoms with Gasteiger partial charge in [0.25, 0.3) is 5.84 Å². The van der Waals surface area contributed by atoms with Gasteiger partial charge in [-0.2, -0.15) is 0 Å². The second-order valence-corrected chi connectivity index (χ2v) is 4.58. The molecular weight excluding hydrogens is 267 g/mol. The van der Waals surface area contributed by atoms with E-state index in [4.69, 9.17) is 23.2 Å². The lowest BCUT2D eigenvalue weighted by Gasteiger charge is -2.04. The van der Waals surface area contributed by atoms with Gasteiger partial charge in [-0.05, 0) is 36.4 Å². The van der Waals surface area contributed by atoms with E-state index in [2.05, 4.69) is 10.3 Å². The molecule has 0 aliphatic heterocycles. The molecule has 0 aliphatic carbocycles. The fourth-order valence-corrected chi connectivity index (χ4v) is 1.90. The molecule has 0 atom stereocenters. The first-order valence-electron chi connectivity index (χ1n) is 5.53. The molecule has 2 aromatic carbocycles. The van der Waals surface area contributed by atoms with Crippen molar-refractivity contribution in [3.63, 3.8) is 0 Å². The van der Waals surface area contributed by atoms with E-state index in [-0.39, 0.29) is 0 Å². The van der Waals surface area contributed by atoms with Crippen molar-refractivity contribution in [2.45, 2.75) is 0 Å². The Balaban J connectivity index is 2.26. The van der Waals surface area contributed by atoms with Crippen LogP contribution in [0.2, 0.25) is 10.0 Å². The molecule has 2 rings (SSSR count). The summed E-state index contributed by atoms with van der Waals surface area (Å²) in [5.74, 6) is 0.875. The minimum absolute atomic E-state index is 0.680. The molecule has 18 heavy (non-hydrogen) atoms. The Morgan fingerprint density at radius 1 is 1.00 bits per heavy atom. The van der Waals surface area contributed by atoms with E-state index in [1.807, 2.05) is 55.6 Å². The fraction of sp³-hybridized carbons (Fsp3) is 0.0714. The molecule has 2 aromatic rings. The second kappa shape index (κ2) is 5.89. The zero-order chi connectivity index (χ0) is 13.0. The normalized spacial score (nSPS) is 11.4. The van der Waals surface area contributed by atoms with E-state index in [0.29, 0.717) is 10.0 Å². The number of nitrogens with one attached hydrogen (secondary N) is 2. The number of halogens is 2. The van der Waals surface area contributed by atoms with Crippen LogP contribution in [-0.2, 0) is 0 Å². The van der Waals surface area contributed by atoms with E-state index in [9.17, 15) is 0 Å². The standard InChI is InChI=1S/C14H12Cl2N2/c1-17-14(10-6-8-11(15)9-7-10)18-13-5-3-2-4-12(13)16/h2-9H,1H3,(H,17,18)/p+1. The fourth-order valence-electron chi connectivity index (χ4n) is 1.59.